The molecule has 0 unspecified atom stereocenters. The first kappa shape index (κ1) is 17.9. The molecule has 0 aromatic carbocycles. The van der Waals surface area contributed by atoms with Crippen molar-refractivity contribution in [3.8, 4) is 6.07 Å². The van der Waals surface area contributed by atoms with Crippen molar-refractivity contribution in [2.24, 2.45) is 0 Å². The highest BCUT2D eigenvalue weighted by molar-refractivity contribution is 8.11. The summed E-state index contributed by atoms with van der Waals surface area (Å²) in [6, 6.07) is 1.72. The summed E-state index contributed by atoms with van der Waals surface area (Å²) in [4.78, 5) is -1.20. The zero-order valence-electron chi connectivity index (χ0n) is 8.74. The van der Waals surface area contributed by atoms with Gasteiger partial charge in [-0.05, 0) is 18.4 Å². The van der Waals surface area contributed by atoms with E-state index in [1.165, 1.54) is 0 Å². The second-order valence-electron chi connectivity index (χ2n) is 2.89. The van der Waals surface area contributed by atoms with Crippen molar-refractivity contribution in [3.05, 3.63) is 0 Å². The lowest BCUT2D eigenvalue weighted by molar-refractivity contribution is 0.555. The Hall–Kier alpha value is 0.910. The van der Waals surface area contributed by atoms with Crippen LogP contribution in [0.3, 0.4) is 0 Å². The first-order valence-corrected chi connectivity index (χ1v) is 8.41. The van der Waals surface area contributed by atoms with Crippen molar-refractivity contribution < 1.29 is 8.42 Å². The summed E-state index contributed by atoms with van der Waals surface area (Å²) in [5.74, 6) is -0.110. The Morgan fingerprint density at radius 1 is 1.47 bits per heavy atom. The molecule has 100 valence electrons. The Balaban J connectivity index is 4.96. The molecule has 0 fully saturated rings. The Morgan fingerprint density at radius 3 is 2.35 bits per heavy atom. The van der Waals surface area contributed by atoms with E-state index in [0.717, 1.165) is 3.71 Å². The molecular formula is C7H10Cl4N2O2S2. The molecule has 0 saturated carbocycles. The van der Waals surface area contributed by atoms with Crippen molar-refractivity contribution in [1.29, 1.82) is 5.26 Å². The fourth-order valence-corrected chi connectivity index (χ4v) is 4.24. The zero-order chi connectivity index (χ0) is 13.7. The second-order valence-corrected chi connectivity index (χ2v) is 9.33. The molecule has 0 atom stereocenters. The van der Waals surface area contributed by atoms with Gasteiger partial charge in [0.1, 0.15) is 6.54 Å². The highest BCUT2D eigenvalue weighted by atomic mass is 35.5. The average Bonchev–Trinajstić information content (AvgIpc) is 2.16. The summed E-state index contributed by atoms with van der Waals surface area (Å²) < 4.78 is 22.6. The van der Waals surface area contributed by atoms with E-state index in [0.29, 0.717) is 18.4 Å². The molecule has 0 heterocycles. The van der Waals surface area contributed by atoms with Crippen molar-refractivity contribution in [1.82, 2.24) is 3.71 Å². The maximum absolute atomic E-state index is 11.8. The molecule has 10 heteroatoms. The molecule has 0 bridgehead atoms. The van der Waals surface area contributed by atoms with Crippen LogP contribution >= 0.6 is 58.4 Å². The summed E-state index contributed by atoms with van der Waals surface area (Å²) in [5.41, 5.74) is 0. The van der Waals surface area contributed by atoms with E-state index in [4.69, 9.17) is 51.7 Å². The first-order chi connectivity index (χ1) is 7.67. The molecule has 0 aromatic rings. The van der Waals surface area contributed by atoms with E-state index in [9.17, 15) is 8.42 Å². The number of nitrogens with zero attached hydrogens (tertiary/aromatic N) is 2. The monoisotopic (exact) mass is 358 g/mol. The molecule has 4 nitrogen and oxygen atoms in total. The van der Waals surface area contributed by atoms with Crippen LogP contribution < -0.4 is 0 Å². The van der Waals surface area contributed by atoms with Crippen LogP contribution in [0.1, 0.15) is 13.3 Å². The van der Waals surface area contributed by atoms with Gasteiger partial charge in [-0.3, -0.25) is 0 Å². The largest absolute Gasteiger partial charge is 0.224 e. The van der Waals surface area contributed by atoms with Crippen LogP contribution in [0, 0.1) is 11.3 Å². The predicted octanol–water partition coefficient (Wildman–Crippen LogP) is 3.14. The SMILES string of the molecule is CCCS(=O)(=O)N(CC#N)SC(Cl)(Cl)C(Cl)Cl. The van der Waals surface area contributed by atoms with Crippen molar-refractivity contribution in [2.45, 2.75) is 21.8 Å². The van der Waals surface area contributed by atoms with Crippen LogP contribution in [0.25, 0.3) is 0 Å². The van der Waals surface area contributed by atoms with E-state index in [2.05, 4.69) is 0 Å². The molecule has 0 saturated heterocycles. The van der Waals surface area contributed by atoms with E-state index < -0.39 is 18.5 Å². The van der Waals surface area contributed by atoms with Gasteiger partial charge in [0, 0.05) is 0 Å². The van der Waals surface area contributed by atoms with E-state index in [1.807, 2.05) is 0 Å². The third kappa shape index (κ3) is 6.06. The number of nitriles is 1. The van der Waals surface area contributed by atoms with Gasteiger partial charge in [0.05, 0.1) is 11.8 Å². The zero-order valence-corrected chi connectivity index (χ0v) is 13.4. The minimum Gasteiger partial charge on any atom is -0.211 e. The van der Waals surface area contributed by atoms with Crippen molar-refractivity contribution in [3.63, 3.8) is 0 Å². The molecule has 0 aliphatic heterocycles. The lowest BCUT2D eigenvalue weighted by atomic mass is 10.6. The standard InChI is InChI=1S/C7H10Cl4N2O2S2/c1-2-5-17(14,15)13(4-3-12)16-7(10,11)6(8)9/h6H,2,4-5H2,1H3. The Bertz CT molecular complexity index is 380. The molecular weight excluding hydrogens is 350 g/mol. The van der Waals surface area contributed by atoms with Gasteiger partial charge in [0.15, 0.2) is 4.84 Å². The Kier molecular flexibility index (Phi) is 7.89. The molecule has 0 aliphatic carbocycles. The van der Waals surface area contributed by atoms with Crippen LogP contribution in [0.2, 0.25) is 0 Å². The fraction of sp³-hybridized carbons (Fsp3) is 0.857. The molecule has 0 spiro atoms. The quantitative estimate of drug-likeness (QED) is 0.398. The van der Waals surface area contributed by atoms with E-state index in [1.54, 1.807) is 13.0 Å². The number of hydrogen-bond acceptors (Lipinski definition) is 4. The number of sulfonamides is 1. The number of alkyl halides is 4. The van der Waals surface area contributed by atoms with Crippen molar-refractivity contribution in [2.75, 3.05) is 12.3 Å². The third-order valence-electron chi connectivity index (χ3n) is 1.45. The molecule has 0 rings (SSSR count). The van der Waals surface area contributed by atoms with Crippen LogP contribution in [0.4, 0.5) is 0 Å². The van der Waals surface area contributed by atoms with Gasteiger partial charge >= 0.3 is 0 Å². The topological polar surface area (TPSA) is 61.2 Å². The van der Waals surface area contributed by atoms with Gasteiger partial charge in [-0.2, -0.15) is 5.26 Å². The summed E-state index contributed by atoms with van der Waals surface area (Å²) in [6.07, 6.45) is 0.410. The van der Waals surface area contributed by atoms with Crippen LogP contribution in [-0.2, 0) is 10.0 Å². The highest BCUT2D eigenvalue weighted by Crippen LogP contribution is 2.45. The average molecular weight is 360 g/mol. The van der Waals surface area contributed by atoms with Gasteiger partial charge in [-0.1, -0.05) is 30.1 Å². The molecule has 0 amide bonds. The summed E-state index contributed by atoms with van der Waals surface area (Å²) in [7, 11) is -3.61. The Morgan fingerprint density at radius 2 is 2.00 bits per heavy atom. The highest BCUT2D eigenvalue weighted by Gasteiger charge is 2.39. The number of hydrogen-bond donors (Lipinski definition) is 0. The maximum atomic E-state index is 11.8. The van der Waals surface area contributed by atoms with E-state index >= 15 is 0 Å². The summed E-state index contributed by atoms with van der Waals surface area (Å²) >= 11 is 23.1. The predicted molar refractivity (Wildman–Crippen MR) is 73.9 cm³/mol. The normalized spacial score (nSPS) is 13.1. The summed E-state index contributed by atoms with van der Waals surface area (Å²) in [6.45, 7) is 1.32. The minimum absolute atomic E-state index is 0.110. The molecule has 0 N–H and O–H groups in total. The fourth-order valence-electron chi connectivity index (χ4n) is 0.781. The molecule has 0 radical (unpaired) electrons. The van der Waals surface area contributed by atoms with Gasteiger partial charge < -0.3 is 0 Å². The smallest absolute Gasteiger partial charge is 0.211 e. The second kappa shape index (κ2) is 7.49. The lowest BCUT2D eigenvalue weighted by Gasteiger charge is -2.26. The summed E-state index contributed by atoms with van der Waals surface area (Å²) in [5, 5.41) is 8.58. The Labute approximate surface area is 125 Å². The molecule has 17 heavy (non-hydrogen) atoms. The van der Waals surface area contributed by atoms with E-state index in [-0.39, 0.29) is 12.3 Å². The number of halogens is 4. The van der Waals surface area contributed by atoms with Crippen LogP contribution in [0.5, 0.6) is 0 Å². The van der Waals surface area contributed by atoms with Gasteiger partial charge in [0.25, 0.3) is 0 Å². The lowest BCUT2D eigenvalue weighted by Crippen LogP contribution is -2.33. The molecule has 0 aromatic heterocycles. The third-order valence-corrected chi connectivity index (χ3v) is 7.05. The molecule has 0 aliphatic rings. The van der Waals surface area contributed by atoms with Gasteiger partial charge in [0.2, 0.25) is 13.7 Å². The van der Waals surface area contributed by atoms with Crippen molar-refractivity contribution >= 4 is 68.4 Å². The number of rotatable bonds is 7. The first-order valence-electron chi connectivity index (χ1n) is 4.39. The maximum Gasteiger partial charge on any atom is 0.224 e. The van der Waals surface area contributed by atoms with Gasteiger partial charge in [-0.25, -0.2) is 8.42 Å². The minimum atomic E-state index is -3.61. The van der Waals surface area contributed by atoms with Crippen LogP contribution in [0.15, 0.2) is 0 Å². The van der Waals surface area contributed by atoms with Gasteiger partial charge in [-0.15, -0.1) is 26.9 Å². The van der Waals surface area contributed by atoms with Crippen LogP contribution in [-0.4, -0.2) is 32.9 Å².